The normalized spacial score (nSPS) is 13.5. The number of hydrogen-bond donors (Lipinski definition) is 1. The molecule has 0 bridgehead atoms. The van der Waals surface area contributed by atoms with Gasteiger partial charge in [0.15, 0.2) is 11.5 Å². The summed E-state index contributed by atoms with van der Waals surface area (Å²) in [4.78, 5) is 4.22. The number of pyridine rings is 1. The number of nitrogens with zero attached hydrogens (tertiary/aromatic N) is 3. The summed E-state index contributed by atoms with van der Waals surface area (Å²) in [6.07, 6.45) is 1.76. The Bertz CT molecular complexity index is 435. The van der Waals surface area contributed by atoms with Crippen LogP contribution in [0.1, 0.15) is 18.8 Å². The van der Waals surface area contributed by atoms with Gasteiger partial charge in [-0.15, -0.1) is 5.10 Å². The summed E-state index contributed by atoms with van der Waals surface area (Å²) in [6, 6.07) is 3.35. The molecule has 2 aromatic heterocycles. The first-order valence-corrected chi connectivity index (χ1v) is 4.32. The Morgan fingerprint density at radius 2 is 2.38 bits per heavy atom. The van der Waals surface area contributed by atoms with Crippen molar-refractivity contribution in [3.05, 3.63) is 29.2 Å². The third-order valence-electron chi connectivity index (χ3n) is 1.72. The molecule has 68 valence electrons. The Morgan fingerprint density at radius 1 is 1.62 bits per heavy atom. The third kappa shape index (κ3) is 1.50. The minimum Gasteiger partial charge on any atom is -0.321 e. The molecule has 0 radical (unpaired) electrons. The molecular weight excluding hydrogens is 188 g/mol. The summed E-state index contributed by atoms with van der Waals surface area (Å²) >= 11 is 5.80. The molecule has 0 spiro atoms. The van der Waals surface area contributed by atoms with E-state index >= 15 is 0 Å². The van der Waals surface area contributed by atoms with Gasteiger partial charge in [0.05, 0.1) is 6.04 Å². The van der Waals surface area contributed by atoms with Crippen LogP contribution in [0.15, 0.2) is 18.3 Å². The van der Waals surface area contributed by atoms with Crippen LogP contribution in [0.2, 0.25) is 5.02 Å². The molecule has 13 heavy (non-hydrogen) atoms. The minimum atomic E-state index is -0.154. The zero-order chi connectivity index (χ0) is 9.42. The molecule has 4 nitrogen and oxygen atoms in total. The maximum atomic E-state index is 5.80. The molecule has 0 aliphatic carbocycles. The van der Waals surface area contributed by atoms with E-state index in [2.05, 4.69) is 10.1 Å². The molecule has 0 fully saturated rings. The second-order valence-electron chi connectivity index (χ2n) is 2.91. The van der Waals surface area contributed by atoms with Gasteiger partial charge >= 0.3 is 0 Å². The number of halogens is 1. The molecule has 2 heterocycles. The van der Waals surface area contributed by atoms with Crippen molar-refractivity contribution in [3.63, 3.8) is 0 Å². The van der Waals surface area contributed by atoms with Gasteiger partial charge in [0.25, 0.3) is 0 Å². The molecule has 1 atom stereocenters. The summed E-state index contributed by atoms with van der Waals surface area (Å²) in [5.74, 6) is 0.627. The van der Waals surface area contributed by atoms with Crippen LogP contribution in [0.25, 0.3) is 5.65 Å². The highest BCUT2D eigenvalue weighted by Crippen LogP contribution is 2.12. The van der Waals surface area contributed by atoms with E-state index in [1.54, 1.807) is 22.8 Å². The van der Waals surface area contributed by atoms with E-state index in [4.69, 9.17) is 17.3 Å². The van der Waals surface area contributed by atoms with Gasteiger partial charge in [-0.05, 0) is 13.0 Å². The van der Waals surface area contributed by atoms with Crippen molar-refractivity contribution in [2.24, 2.45) is 5.73 Å². The monoisotopic (exact) mass is 196 g/mol. The largest absolute Gasteiger partial charge is 0.321 e. The molecule has 2 aromatic rings. The maximum absolute atomic E-state index is 5.80. The van der Waals surface area contributed by atoms with Crippen molar-refractivity contribution < 1.29 is 0 Å². The molecule has 2 N–H and O–H groups in total. The smallest absolute Gasteiger partial charge is 0.168 e. The molecule has 0 aromatic carbocycles. The number of fused-ring (bicyclic) bond motifs is 1. The lowest BCUT2D eigenvalue weighted by Gasteiger charge is -1.93. The predicted molar refractivity (Wildman–Crippen MR) is 50.6 cm³/mol. The van der Waals surface area contributed by atoms with E-state index in [0.29, 0.717) is 10.8 Å². The van der Waals surface area contributed by atoms with Gasteiger partial charge < -0.3 is 5.73 Å². The van der Waals surface area contributed by atoms with Gasteiger partial charge in [0, 0.05) is 17.3 Å². The summed E-state index contributed by atoms with van der Waals surface area (Å²) in [5.41, 5.74) is 6.37. The Kier molecular flexibility index (Phi) is 1.94. The van der Waals surface area contributed by atoms with Gasteiger partial charge in [-0.2, -0.15) is 0 Å². The van der Waals surface area contributed by atoms with E-state index in [0.717, 1.165) is 5.65 Å². The molecule has 0 amide bonds. The van der Waals surface area contributed by atoms with E-state index in [1.165, 1.54) is 0 Å². The van der Waals surface area contributed by atoms with Gasteiger partial charge in [-0.3, -0.25) is 0 Å². The lowest BCUT2D eigenvalue weighted by molar-refractivity contribution is 0.734. The van der Waals surface area contributed by atoms with Gasteiger partial charge in [-0.1, -0.05) is 11.6 Å². The average Bonchev–Trinajstić information content (AvgIpc) is 2.46. The van der Waals surface area contributed by atoms with Crippen molar-refractivity contribution in [2.45, 2.75) is 13.0 Å². The standard InChI is InChI=1S/C8H9ClN4/c1-5(10)8-11-7-4-6(9)2-3-13(7)12-8/h2-5H,10H2,1H3. The lowest BCUT2D eigenvalue weighted by atomic mass is 10.3. The van der Waals surface area contributed by atoms with E-state index in [-0.39, 0.29) is 6.04 Å². The Morgan fingerprint density at radius 3 is 3.08 bits per heavy atom. The van der Waals surface area contributed by atoms with Crippen LogP contribution in [-0.2, 0) is 0 Å². The van der Waals surface area contributed by atoms with Gasteiger partial charge in [-0.25, -0.2) is 9.50 Å². The van der Waals surface area contributed by atoms with Crippen LogP contribution >= 0.6 is 11.6 Å². The molecule has 0 aliphatic rings. The van der Waals surface area contributed by atoms with Crippen LogP contribution in [0.5, 0.6) is 0 Å². The van der Waals surface area contributed by atoms with Gasteiger partial charge in [0.1, 0.15) is 0 Å². The number of aromatic nitrogens is 3. The first kappa shape index (κ1) is 8.47. The predicted octanol–water partition coefficient (Wildman–Crippen LogP) is 1.40. The number of nitrogens with two attached hydrogens (primary N) is 1. The van der Waals surface area contributed by atoms with Gasteiger partial charge in [0.2, 0.25) is 0 Å². The Balaban J connectivity index is 2.62. The maximum Gasteiger partial charge on any atom is 0.168 e. The summed E-state index contributed by atoms with van der Waals surface area (Å²) in [7, 11) is 0. The van der Waals surface area contributed by atoms with Crippen LogP contribution in [0, 0.1) is 0 Å². The minimum absolute atomic E-state index is 0.154. The number of hydrogen-bond acceptors (Lipinski definition) is 3. The quantitative estimate of drug-likeness (QED) is 0.750. The van der Waals surface area contributed by atoms with Crippen molar-refractivity contribution in [3.8, 4) is 0 Å². The van der Waals surface area contributed by atoms with E-state index < -0.39 is 0 Å². The van der Waals surface area contributed by atoms with Crippen molar-refractivity contribution >= 4 is 17.2 Å². The van der Waals surface area contributed by atoms with Crippen LogP contribution < -0.4 is 5.73 Å². The highest BCUT2D eigenvalue weighted by molar-refractivity contribution is 6.30. The number of rotatable bonds is 1. The zero-order valence-electron chi connectivity index (χ0n) is 7.11. The average molecular weight is 197 g/mol. The molecule has 2 rings (SSSR count). The van der Waals surface area contributed by atoms with Crippen LogP contribution in [-0.4, -0.2) is 14.6 Å². The SMILES string of the molecule is CC(N)c1nc2cc(Cl)ccn2n1. The Hall–Kier alpha value is -1.13. The summed E-state index contributed by atoms with van der Waals surface area (Å²) in [5, 5.41) is 4.82. The molecule has 1 unspecified atom stereocenters. The lowest BCUT2D eigenvalue weighted by Crippen LogP contribution is -2.06. The first-order valence-electron chi connectivity index (χ1n) is 3.94. The molecule has 0 saturated heterocycles. The molecular formula is C8H9ClN4. The molecule has 0 saturated carbocycles. The summed E-state index contributed by atoms with van der Waals surface area (Å²) in [6.45, 7) is 1.84. The van der Waals surface area contributed by atoms with Crippen molar-refractivity contribution in [2.75, 3.05) is 0 Å². The molecule has 5 heteroatoms. The van der Waals surface area contributed by atoms with Crippen LogP contribution in [0.3, 0.4) is 0 Å². The second kappa shape index (κ2) is 2.97. The second-order valence-corrected chi connectivity index (χ2v) is 3.34. The fraction of sp³-hybridized carbons (Fsp3) is 0.250. The van der Waals surface area contributed by atoms with E-state index in [9.17, 15) is 0 Å². The summed E-state index contributed by atoms with van der Waals surface area (Å²) < 4.78 is 1.66. The zero-order valence-corrected chi connectivity index (χ0v) is 7.86. The fourth-order valence-electron chi connectivity index (χ4n) is 1.07. The van der Waals surface area contributed by atoms with Crippen LogP contribution in [0.4, 0.5) is 0 Å². The third-order valence-corrected chi connectivity index (χ3v) is 1.96. The topological polar surface area (TPSA) is 56.2 Å². The molecule has 0 aliphatic heterocycles. The Labute approximate surface area is 80.3 Å². The van der Waals surface area contributed by atoms with Crippen molar-refractivity contribution in [1.82, 2.24) is 14.6 Å². The highest BCUT2D eigenvalue weighted by Gasteiger charge is 2.07. The first-order chi connectivity index (χ1) is 6.16. The van der Waals surface area contributed by atoms with Crippen molar-refractivity contribution in [1.29, 1.82) is 0 Å². The van der Waals surface area contributed by atoms with E-state index in [1.807, 2.05) is 6.92 Å². The fourth-order valence-corrected chi connectivity index (χ4v) is 1.22. The highest BCUT2D eigenvalue weighted by atomic mass is 35.5.